The van der Waals surface area contributed by atoms with Gasteiger partial charge in [0.1, 0.15) is 11.6 Å². The number of carbonyl (C=O) groups is 2. The Labute approximate surface area is 145 Å². The van der Waals surface area contributed by atoms with Gasteiger partial charge in [-0.05, 0) is 37.5 Å². The minimum absolute atomic E-state index is 0.0373. The third-order valence-electron chi connectivity index (χ3n) is 4.88. The van der Waals surface area contributed by atoms with Crippen LogP contribution in [0.1, 0.15) is 29.6 Å². The summed E-state index contributed by atoms with van der Waals surface area (Å²) in [5.74, 6) is 0.0274. The van der Waals surface area contributed by atoms with Crippen LogP contribution in [-0.2, 0) is 9.53 Å². The Hall–Kier alpha value is -2.41. The molecule has 7 nitrogen and oxygen atoms in total. The predicted molar refractivity (Wildman–Crippen MR) is 90.1 cm³/mol. The van der Waals surface area contributed by atoms with Gasteiger partial charge in [-0.2, -0.15) is 0 Å². The van der Waals surface area contributed by atoms with Crippen molar-refractivity contribution in [2.24, 2.45) is 0 Å². The molecule has 132 valence electrons. The first-order valence-corrected chi connectivity index (χ1v) is 8.75. The highest BCUT2D eigenvalue weighted by molar-refractivity contribution is 5.97. The molecule has 0 bridgehead atoms. The number of rotatable bonds is 2. The predicted octanol–water partition coefficient (Wildman–Crippen LogP) is 1.68. The van der Waals surface area contributed by atoms with Crippen LogP contribution in [0.5, 0.6) is 0 Å². The summed E-state index contributed by atoms with van der Waals surface area (Å²) in [6, 6.07) is 5.29. The zero-order chi connectivity index (χ0) is 17.2. The number of nitrogens with zero attached hydrogens (tertiary/aromatic N) is 3. The number of hydrogen-bond donors (Lipinski definition) is 0. The fourth-order valence-electron chi connectivity index (χ4n) is 3.49. The molecule has 7 heteroatoms. The lowest BCUT2D eigenvalue weighted by molar-refractivity contribution is -0.140. The summed E-state index contributed by atoms with van der Waals surface area (Å²) in [5, 5.41) is 0. The molecule has 4 rings (SSSR count). The minimum Gasteiger partial charge on any atom is -0.443 e. The van der Waals surface area contributed by atoms with Gasteiger partial charge in [0.05, 0.1) is 0 Å². The Balaban J connectivity index is 1.42. The normalized spacial score (nSPS) is 21.5. The van der Waals surface area contributed by atoms with E-state index in [4.69, 9.17) is 9.15 Å². The monoisotopic (exact) mass is 343 g/mol. The van der Waals surface area contributed by atoms with Gasteiger partial charge in [0, 0.05) is 38.3 Å². The van der Waals surface area contributed by atoms with E-state index in [-0.39, 0.29) is 17.9 Å². The lowest BCUT2D eigenvalue weighted by atomic mass is 10.1. The van der Waals surface area contributed by atoms with E-state index in [1.807, 2.05) is 4.90 Å². The van der Waals surface area contributed by atoms with E-state index in [1.165, 1.54) is 6.39 Å². The van der Waals surface area contributed by atoms with E-state index < -0.39 is 0 Å². The van der Waals surface area contributed by atoms with Crippen molar-refractivity contribution in [2.75, 3.05) is 32.8 Å². The van der Waals surface area contributed by atoms with Crippen LogP contribution >= 0.6 is 0 Å². The highest BCUT2D eigenvalue weighted by atomic mass is 16.5. The number of ether oxygens (including phenoxy) is 1. The van der Waals surface area contributed by atoms with Gasteiger partial charge >= 0.3 is 0 Å². The third-order valence-corrected chi connectivity index (χ3v) is 4.88. The van der Waals surface area contributed by atoms with E-state index in [0.717, 1.165) is 24.8 Å². The molecule has 0 N–H and O–H groups in total. The van der Waals surface area contributed by atoms with Crippen LogP contribution in [-0.4, -0.2) is 65.5 Å². The number of aromatic nitrogens is 1. The van der Waals surface area contributed by atoms with Gasteiger partial charge in [-0.1, -0.05) is 0 Å². The van der Waals surface area contributed by atoms with Gasteiger partial charge in [-0.25, -0.2) is 4.98 Å². The van der Waals surface area contributed by atoms with Crippen molar-refractivity contribution in [2.45, 2.75) is 25.4 Å². The quantitative estimate of drug-likeness (QED) is 0.829. The molecule has 1 atom stereocenters. The maximum atomic E-state index is 12.8. The number of hydrogen-bond acceptors (Lipinski definition) is 5. The largest absolute Gasteiger partial charge is 0.443 e. The molecule has 3 heterocycles. The Bertz CT molecular complexity index is 781. The Morgan fingerprint density at radius 2 is 1.92 bits per heavy atom. The molecule has 1 aromatic carbocycles. The number of amides is 2. The zero-order valence-electron chi connectivity index (χ0n) is 14.0. The second-order valence-electron chi connectivity index (χ2n) is 6.51. The minimum atomic E-state index is -0.295. The van der Waals surface area contributed by atoms with Gasteiger partial charge < -0.3 is 19.0 Å². The summed E-state index contributed by atoms with van der Waals surface area (Å²) in [6.07, 6.45) is 3.60. The van der Waals surface area contributed by atoms with Gasteiger partial charge in [0.25, 0.3) is 11.8 Å². The number of carbonyl (C=O) groups excluding carboxylic acids is 2. The van der Waals surface area contributed by atoms with Crippen LogP contribution in [0, 0.1) is 0 Å². The van der Waals surface area contributed by atoms with Crippen LogP contribution < -0.4 is 0 Å². The molecule has 1 unspecified atom stereocenters. The van der Waals surface area contributed by atoms with Crippen molar-refractivity contribution >= 4 is 22.9 Å². The second-order valence-corrected chi connectivity index (χ2v) is 6.51. The van der Waals surface area contributed by atoms with E-state index in [0.29, 0.717) is 43.9 Å². The number of oxazole rings is 1. The Kier molecular flexibility index (Phi) is 4.40. The first-order chi connectivity index (χ1) is 12.2. The molecule has 0 radical (unpaired) electrons. The van der Waals surface area contributed by atoms with Crippen molar-refractivity contribution in [3.05, 3.63) is 30.2 Å². The second kappa shape index (κ2) is 6.84. The molecule has 1 aromatic heterocycles. The average Bonchev–Trinajstić information content (AvgIpc) is 3.27. The van der Waals surface area contributed by atoms with E-state index in [2.05, 4.69) is 4.98 Å². The van der Waals surface area contributed by atoms with Gasteiger partial charge in [-0.3, -0.25) is 9.59 Å². The SMILES string of the molecule is O=C(c1ccc2ncoc2c1)N1CCCN(C(=O)C2CCCO2)CC1. The third kappa shape index (κ3) is 3.24. The maximum absolute atomic E-state index is 12.8. The molecule has 2 fully saturated rings. The smallest absolute Gasteiger partial charge is 0.254 e. The molecule has 2 saturated heterocycles. The van der Waals surface area contributed by atoms with Crippen molar-refractivity contribution in [3.63, 3.8) is 0 Å². The summed E-state index contributed by atoms with van der Waals surface area (Å²) in [4.78, 5) is 33.0. The fraction of sp³-hybridized carbons (Fsp3) is 0.500. The molecule has 0 spiro atoms. The summed E-state index contributed by atoms with van der Waals surface area (Å²) in [6.45, 7) is 3.06. The molecule has 2 aromatic rings. The maximum Gasteiger partial charge on any atom is 0.254 e. The first kappa shape index (κ1) is 16.1. The van der Waals surface area contributed by atoms with E-state index >= 15 is 0 Å². The Morgan fingerprint density at radius 3 is 2.76 bits per heavy atom. The lowest BCUT2D eigenvalue weighted by Crippen LogP contribution is -2.41. The first-order valence-electron chi connectivity index (χ1n) is 8.75. The summed E-state index contributed by atoms with van der Waals surface area (Å²) in [5.41, 5.74) is 1.93. The van der Waals surface area contributed by atoms with Crippen LogP contribution in [0.15, 0.2) is 29.0 Å². The van der Waals surface area contributed by atoms with Crippen molar-refractivity contribution in [1.29, 1.82) is 0 Å². The zero-order valence-corrected chi connectivity index (χ0v) is 14.0. The van der Waals surface area contributed by atoms with Crippen molar-refractivity contribution in [1.82, 2.24) is 14.8 Å². The van der Waals surface area contributed by atoms with Gasteiger partial charge in [-0.15, -0.1) is 0 Å². The lowest BCUT2D eigenvalue weighted by Gasteiger charge is -2.24. The van der Waals surface area contributed by atoms with Crippen molar-refractivity contribution in [3.8, 4) is 0 Å². The summed E-state index contributed by atoms with van der Waals surface area (Å²) < 4.78 is 10.8. The molecule has 2 amide bonds. The standard InChI is InChI=1S/C18H21N3O4/c22-17(13-4-5-14-16(11-13)25-12-19-14)20-6-2-7-21(9-8-20)18(23)15-3-1-10-24-15/h4-5,11-12,15H,1-3,6-10H2. The van der Waals surface area contributed by atoms with Crippen LogP contribution in [0.2, 0.25) is 0 Å². The molecule has 2 aliphatic rings. The average molecular weight is 343 g/mol. The van der Waals surface area contributed by atoms with Gasteiger partial charge in [0.2, 0.25) is 0 Å². The molecule has 2 aliphatic heterocycles. The molecular weight excluding hydrogens is 322 g/mol. The number of benzene rings is 1. The van der Waals surface area contributed by atoms with Gasteiger partial charge in [0.15, 0.2) is 12.0 Å². The topological polar surface area (TPSA) is 75.9 Å². The fourth-order valence-corrected chi connectivity index (χ4v) is 3.49. The van der Waals surface area contributed by atoms with Crippen LogP contribution in [0.4, 0.5) is 0 Å². The molecular formula is C18H21N3O4. The van der Waals surface area contributed by atoms with Crippen molar-refractivity contribution < 1.29 is 18.7 Å². The highest BCUT2D eigenvalue weighted by Gasteiger charge is 2.30. The number of fused-ring (bicyclic) bond motifs is 1. The summed E-state index contributed by atoms with van der Waals surface area (Å²) in [7, 11) is 0. The summed E-state index contributed by atoms with van der Waals surface area (Å²) >= 11 is 0. The van der Waals surface area contributed by atoms with Crippen LogP contribution in [0.3, 0.4) is 0 Å². The van der Waals surface area contributed by atoms with E-state index in [9.17, 15) is 9.59 Å². The van der Waals surface area contributed by atoms with Crippen LogP contribution in [0.25, 0.3) is 11.1 Å². The highest BCUT2D eigenvalue weighted by Crippen LogP contribution is 2.18. The molecule has 0 saturated carbocycles. The molecule has 0 aliphatic carbocycles. The van der Waals surface area contributed by atoms with E-state index in [1.54, 1.807) is 23.1 Å². The molecule has 25 heavy (non-hydrogen) atoms. The Morgan fingerprint density at radius 1 is 1.08 bits per heavy atom.